The van der Waals surface area contributed by atoms with Crippen molar-refractivity contribution in [1.82, 2.24) is 0 Å². The summed E-state index contributed by atoms with van der Waals surface area (Å²) in [6, 6.07) is 6.82. The molecule has 1 unspecified atom stereocenters. The van der Waals surface area contributed by atoms with Gasteiger partial charge in [-0.15, -0.1) is 0 Å². The number of benzene rings is 1. The molecular weight excluding hydrogens is 206 g/mol. The zero-order valence-corrected chi connectivity index (χ0v) is 9.60. The fourth-order valence-corrected chi connectivity index (χ4v) is 1.15. The largest absolute Gasteiger partial charge is 0.497 e. The first kappa shape index (κ1) is 12.5. The first-order chi connectivity index (χ1) is 7.67. The van der Waals surface area contributed by atoms with Gasteiger partial charge >= 0.3 is 5.97 Å². The summed E-state index contributed by atoms with van der Waals surface area (Å²) in [7, 11) is 1.61. The van der Waals surface area contributed by atoms with Crippen LogP contribution in [0.2, 0.25) is 0 Å². The molecule has 0 heterocycles. The second-order valence-electron chi connectivity index (χ2n) is 3.47. The molecule has 1 atom stereocenters. The first-order valence-corrected chi connectivity index (χ1v) is 5.22. The fraction of sp³-hybridized carbons (Fsp3) is 0.417. The number of carbonyl (C=O) groups excluding carboxylic acids is 1. The molecule has 0 amide bonds. The van der Waals surface area contributed by atoms with Crippen molar-refractivity contribution in [3.8, 4) is 5.75 Å². The SMILES string of the molecule is CCC(N)C(=O)OCc1ccc(OC)cc1. The van der Waals surface area contributed by atoms with E-state index in [4.69, 9.17) is 15.2 Å². The van der Waals surface area contributed by atoms with Crippen molar-refractivity contribution in [2.45, 2.75) is 26.0 Å². The van der Waals surface area contributed by atoms with E-state index < -0.39 is 6.04 Å². The van der Waals surface area contributed by atoms with Gasteiger partial charge in [-0.3, -0.25) is 4.79 Å². The topological polar surface area (TPSA) is 61.6 Å². The third-order valence-electron chi connectivity index (χ3n) is 2.28. The zero-order valence-electron chi connectivity index (χ0n) is 9.60. The summed E-state index contributed by atoms with van der Waals surface area (Å²) < 4.78 is 10.1. The Bertz CT molecular complexity index is 335. The van der Waals surface area contributed by atoms with E-state index in [0.717, 1.165) is 11.3 Å². The molecular formula is C12H17NO3. The summed E-state index contributed by atoms with van der Waals surface area (Å²) in [6.07, 6.45) is 0.585. The summed E-state index contributed by atoms with van der Waals surface area (Å²) in [6.45, 7) is 2.09. The standard InChI is InChI=1S/C12H17NO3/c1-3-11(13)12(14)16-8-9-4-6-10(15-2)7-5-9/h4-7,11H,3,8,13H2,1-2H3. The Balaban J connectivity index is 2.45. The van der Waals surface area contributed by atoms with Crippen LogP contribution in [0.4, 0.5) is 0 Å². The van der Waals surface area contributed by atoms with Crippen LogP contribution in [-0.2, 0) is 16.1 Å². The predicted molar refractivity (Wildman–Crippen MR) is 61.1 cm³/mol. The molecule has 1 aromatic rings. The second kappa shape index (κ2) is 6.12. The molecule has 0 saturated heterocycles. The number of hydrogen-bond acceptors (Lipinski definition) is 4. The van der Waals surface area contributed by atoms with E-state index >= 15 is 0 Å². The Hall–Kier alpha value is -1.55. The molecule has 16 heavy (non-hydrogen) atoms. The van der Waals surface area contributed by atoms with Crippen LogP contribution in [0.5, 0.6) is 5.75 Å². The first-order valence-electron chi connectivity index (χ1n) is 5.22. The van der Waals surface area contributed by atoms with Gasteiger partial charge in [0.25, 0.3) is 0 Å². The van der Waals surface area contributed by atoms with Gasteiger partial charge in [0.05, 0.1) is 7.11 Å². The summed E-state index contributed by atoms with van der Waals surface area (Å²) >= 11 is 0. The molecule has 88 valence electrons. The van der Waals surface area contributed by atoms with E-state index in [9.17, 15) is 4.79 Å². The number of hydrogen-bond donors (Lipinski definition) is 1. The summed E-state index contributed by atoms with van der Waals surface area (Å²) in [5.74, 6) is 0.415. The molecule has 1 aromatic carbocycles. The second-order valence-corrected chi connectivity index (χ2v) is 3.47. The maximum atomic E-state index is 11.3. The average molecular weight is 223 g/mol. The molecule has 0 aliphatic heterocycles. The van der Waals surface area contributed by atoms with E-state index in [1.807, 2.05) is 31.2 Å². The Morgan fingerprint density at radius 2 is 2.00 bits per heavy atom. The molecule has 0 aromatic heterocycles. The maximum absolute atomic E-state index is 11.3. The summed E-state index contributed by atoms with van der Waals surface area (Å²) in [4.78, 5) is 11.3. The molecule has 2 N–H and O–H groups in total. The lowest BCUT2D eigenvalue weighted by Gasteiger charge is -2.09. The monoisotopic (exact) mass is 223 g/mol. The lowest BCUT2D eigenvalue weighted by molar-refractivity contribution is -0.146. The van der Waals surface area contributed by atoms with Crippen molar-refractivity contribution in [2.24, 2.45) is 5.73 Å². The van der Waals surface area contributed by atoms with Crippen LogP contribution in [0.25, 0.3) is 0 Å². The maximum Gasteiger partial charge on any atom is 0.323 e. The van der Waals surface area contributed by atoms with E-state index in [1.165, 1.54) is 0 Å². The van der Waals surface area contributed by atoms with Gasteiger partial charge in [-0.2, -0.15) is 0 Å². The Morgan fingerprint density at radius 1 is 1.38 bits per heavy atom. The highest BCUT2D eigenvalue weighted by molar-refractivity contribution is 5.75. The van der Waals surface area contributed by atoms with Crippen molar-refractivity contribution in [1.29, 1.82) is 0 Å². The number of carbonyl (C=O) groups is 1. The average Bonchev–Trinajstić information content (AvgIpc) is 2.35. The minimum Gasteiger partial charge on any atom is -0.497 e. The molecule has 1 rings (SSSR count). The van der Waals surface area contributed by atoms with Gasteiger partial charge in [0.1, 0.15) is 18.4 Å². The Kier molecular flexibility index (Phi) is 4.79. The number of methoxy groups -OCH3 is 1. The third-order valence-corrected chi connectivity index (χ3v) is 2.28. The van der Waals surface area contributed by atoms with Gasteiger partial charge in [-0.25, -0.2) is 0 Å². The minimum absolute atomic E-state index is 0.247. The van der Waals surface area contributed by atoms with Crippen LogP contribution in [0.15, 0.2) is 24.3 Å². The third kappa shape index (κ3) is 3.55. The molecule has 4 nitrogen and oxygen atoms in total. The van der Waals surface area contributed by atoms with Crippen molar-refractivity contribution in [2.75, 3.05) is 7.11 Å². The molecule has 0 radical (unpaired) electrons. The van der Waals surface area contributed by atoms with E-state index in [0.29, 0.717) is 6.42 Å². The van der Waals surface area contributed by atoms with Gasteiger partial charge in [-0.05, 0) is 24.1 Å². The summed E-state index contributed by atoms with van der Waals surface area (Å²) in [5.41, 5.74) is 6.45. The van der Waals surface area contributed by atoms with Crippen molar-refractivity contribution < 1.29 is 14.3 Å². The van der Waals surface area contributed by atoms with Gasteiger partial charge < -0.3 is 15.2 Å². The van der Waals surface area contributed by atoms with E-state index in [2.05, 4.69) is 0 Å². The quantitative estimate of drug-likeness (QED) is 0.768. The van der Waals surface area contributed by atoms with Gasteiger partial charge in [0, 0.05) is 0 Å². The van der Waals surface area contributed by atoms with Crippen LogP contribution >= 0.6 is 0 Å². The van der Waals surface area contributed by atoms with Crippen molar-refractivity contribution >= 4 is 5.97 Å². The van der Waals surface area contributed by atoms with E-state index in [-0.39, 0.29) is 12.6 Å². The smallest absolute Gasteiger partial charge is 0.323 e. The highest BCUT2D eigenvalue weighted by atomic mass is 16.5. The van der Waals surface area contributed by atoms with Crippen LogP contribution < -0.4 is 10.5 Å². The van der Waals surface area contributed by atoms with Gasteiger partial charge in [-0.1, -0.05) is 19.1 Å². The fourth-order valence-electron chi connectivity index (χ4n) is 1.15. The number of nitrogens with two attached hydrogens (primary N) is 1. The lowest BCUT2D eigenvalue weighted by atomic mass is 10.2. The number of ether oxygens (including phenoxy) is 2. The highest BCUT2D eigenvalue weighted by Crippen LogP contribution is 2.12. The van der Waals surface area contributed by atoms with Crippen LogP contribution in [0, 0.1) is 0 Å². The highest BCUT2D eigenvalue weighted by Gasteiger charge is 2.12. The predicted octanol–water partition coefficient (Wildman–Crippen LogP) is 1.48. The zero-order chi connectivity index (χ0) is 12.0. The number of rotatable bonds is 5. The van der Waals surface area contributed by atoms with Crippen molar-refractivity contribution in [3.63, 3.8) is 0 Å². The van der Waals surface area contributed by atoms with Gasteiger partial charge in [0.15, 0.2) is 0 Å². The van der Waals surface area contributed by atoms with Crippen LogP contribution in [0.1, 0.15) is 18.9 Å². The minimum atomic E-state index is -0.529. The molecule has 0 saturated carbocycles. The number of esters is 1. The molecule has 0 aliphatic carbocycles. The molecule has 0 spiro atoms. The Labute approximate surface area is 95.3 Å². The molecule has 4 heteroatoms. The molecule has 0 fully saturated rings. The van der Waals surface area contributed by atoms with E-state index in [1.54, 1.807) is 7.11 Å². The Morgan fingerprint density at radius 3 is 2.50 bits per heavy atom. The lowest BCUT2D eigenvalue weighted by Crippen LogP contribution is -2.31. The molecule has 0 bridgehead atoms. The van der Waals surface area contributed by atoms with Crippen LogP contribution in [0.3, 0.4) is 0 Å². The van der Waals surface area contributed by atoms with Crippen LogP contribution in [-0.4, -0.2) is 19.1 Å². The normalized spacial score (nSPS) is 11.9. The summed E-state index contributed by atoms with van der Waals surface area (Å²) in [5, 5.41) is 0. The molecule has 0 aliphatic rings. The van der Waals surface area contributed by atoms with Gasteiger partial charge in [0.2, 0.25) is 0 Å². The van der Waals surface area contributed by atoms with Crippen molar-refractivity contribution in [3.05, 3.63) is 29.8 Å².